The zero-order valence-corrected chi connectivity index (χ0v) is 23.2. The molecular weight excluding hydrogens is 528 g/mol. The lowest BCUT2D eigenvalue weighted by Gasteiger charge is -2.40. The van der Waals surface area contributed by atoms with E-state index in [-0.39, 0.29) is 34.5 Å². The van der Waals surface area contributed by atoms with Gasteiger partial charge in [-0.3, -0.25) is 4.68 Å². The first kappa shape index (κ1) is 26.0. The zero-order chi connectivity index (χ0) is 28.1. The lowest BCUT2D eigenvalue weighted by atomic mass is 9.86. The molecule has 2 bridgehead atoms. The number of hydrogen-bond acceptors (Lipinski definition) is 8. The number of anilines is 2. The van der Waals surface area contributed by atoms with E-state index in [9.17, 15) is 15.2 Å². The van der Waals surface area contributed by atoms with Crippen LogP contribution in [0.15, 0.2) is 36.8 Å². The van der Waals surface area contributed by atoms with Crippen LogP contribution in [0.2, 0.25) is 5.02 Å². The summed E-state index contributed by atoms with van der Waals surface area (Å²) in [6.45, 7) is 3.88. The molecule has 2 fully saturated rings. The molecule has 3 atom stereocenters. The van der Waals surface area contributed by atoms with Crippen molar-refractivity contribution in [3.8, 4) is 6.07 Å². The predicted molar refractivity (Wildman–Crippen MR) is 152 cm³/mol. The first-order valence-corrected chi connectivity index (χ1v) is 13.7. The number of aromatic nitrogens is 5. The third-order valence-corrected chi connectivity index (χ3v) is 8.45. The molecule has 4 aromatic rings. The Morgan fingerprint density at radius 3 is 2.65 bits per heavy atom. The van der Waals surface area contributed by atoms with Crippen LogP contribution >= 0.6 is 11.6 Å². The summed E-state index contributed by atoms with van der Waals surface area (Å²) in [5.41, 5.74) is 4.76. The molecule has 11 heteroatoms. The number of pyridine rings is 1. The molecule has 40 heavy (non-hydrogen) atoms. The lowest BCUT2D eigenvalue weighted by Crippen LogP contribution is -2.43. The van der Waals surface area contributed by atoms with Crippen molar-refractivity contribution in [2.24, 2.45) is 7.05 Å². The average Bonchev–Trinajstić information content (AvgIpc) is 3.47. The van der Waals surface area contributed by atoms with Gasteiger partial charge in [0.1, 0.15) is 6.07 Å². The van der Waals surface area contributed by atoms with Gasteiger partial charge in [-0.05, 0) is 68.7 Å². The lowest BCUT2D eigenvalue weighted by molar-refractivity contribution is 0.0691. The maximum atomic E-state index is 11.8. The van der Waals surface area contributed by atoms with Gasteiger partial charge in [-0.25, -0.2) is 19.7 Å². The van der Waals surface area contributed by atoms with Gasteiger partial charge in [-0.2, -0.15) is 10.4 Å². The second-order valence-electron chi connectivity index (χ2n) is 10.8. The molecule has 0 radical (unpaired) electrons. The van der Waals surface area contributed by atoms with E-state index in [0.29, 0.717) is 28.5 Å². The van der Waals surface area contributed by atoms with Crippen LogP contribution in [-0.4, -0.2) is 47.9 Å². The first-order chi connectivity index (χ1) is 19.2. The van der Waals surface area contributed by atoms with Crippen molar-refractivity contribution in [1.29, 1.82) is 5.26 Å². The van der Waals surface area contributed by atoms with Gasteiger partial charge < -0.3 is 15.3 Å². The summed E-state index contributed by atoms with van der Waals surface area (Å²) in [5, 5.41) is 27.6. The van der Waals surface area contributed by atoms with E-state index in [1.54, 1.807) is 6.07 Å². The average molecular weight is 557 g/mol. The van der Waals surface area contributed by atoms with E-state index >= 15 is 0 Å². The van der Waals surface area contributed by atoms with E-state index in [2.05, 4.69) is 32.6 Å². The Labute approximate surface area is 236 Å². The predicted octanol–water partition coefficient (Wildman–Crippen LogP) is 5.38. The summed E-state index contributed by atoms with van der Waals surface area (Å²) in [6.07, 6.45) is 9.47. The fraction of sp³-hybridized carbons (Fsp3) is 0.379. The molecule has 2 N–H and O–H groups in total. The maximum Gasteiger partial charge on any atom is 0.356 e. The number of carboxylic acid groups (broad SMARTS) is 1. The van der Waals surface area contributed by atoms with E-state index in [0.717, 1.165) is 36.8 Å². The van der Waals surface area contributed by atoms with E-state index in [4.69, 9.17) is 21.6 Å². The van der Waals surface area contributed by atoms with Crippen molar-refractivity contribution in [3.63, 3.8) is 0 Å². The largest absolute Gasteiger partial charge is 0.476 e. The fourth-order valence-electron chi connectivity index (χ4n) is 6.39. The van der Waals surface area contributed by atoms with Crippen molar-refractivity contribution in [2.45, 2.75) is 63.6 Å². The minimum absolute atomic E-state index is 0.150. The van der Waals surface area contributed by atoms with Gasteiger partial charge in [0, 0.05) is 37.1 Å². The summed E-state index contributed by atoms with van der Waals surface area (Å²) >= 11 is 6.38. The second kappa shape index (κ2) is 10.1. The number of aromatic carboxylic acids is 1. The van der Waals surface area contributed by atoms with E-state index in [1.165, 1.54) is 11.8 Å². The molecule has 204 valence electrons. The minimum Gasteiger partial charge on any atom is -0.476 e. The second-order valence-corrected chi connectivity index (χ2v) is 11.2. The molecule has 0 amide bonds. The number of benzene rings is 1. The van der Waals surface area contributed by atoms with Gasteiger partial charge >= 0.3 is 5.97 Å². The minimum atomic E-state index is -1.17. The summed E-state index contributed by atoms with van der Waals surface area (Å²) in [4.78, 5) is 28.0. The Morgan fingerprint density at radius 2 is 2.00 bits per heavy atom. The Balaban J connectivity index is 1.40. The van der Waals surface area contributed by atoms with E-state index in [1.807, 2.05) is 43.9 Å². The third kappa shape index (κ3) is 4.50. The number of aryl methyl sites for hydroxylation is 2. The van der Waals surface area contributed by atoms with Crippen LogP contribution in [0.5, 0.6) is 0 Å². The number of hydrogen-bond donors (Lipinski definition) is 2. The number of nitrogens with zero attached hydrogens (tertiary/aromatic N) is 7. The van der Waals surface area contributed by atoms with Gasteiger partial charge in [0.25, 0.3) is 0 Å². The van der Waals surface area contributed by atoms with Crippen LogP contribution in [0, 0.1) is 18.3 Å². The molecule has 6 rings (SSSR count). The highest BCUT2D eigenvalue weighted by Gasteiger charge is 2.43. The fourth-order valence-corrected chi connectivity index (χ4v) is 6.59. The highest BCUT2D eigenvalue weighted by molar-refractivity contribution is 6.33. The Kier molecular flexibility index (Phi) is 6.55. The van der Waals surface area contributed by atoms with Crippen LogP contribution < -0.4 is 10.2 Å². The number of nitrogens with one attached hydrogen (secondary N) is 1. The molecule has 0 saturated carbocycles. The molecule has 1 aromatic carbocycles. The van der Waals surface area contributed by atoms with Gasteiger partial charge in [0.15, 0.2) is 17.2 Å². The number of carbonyl (C=O) groups is 1. The van der Waals surface area contributed by atoms with Crippen LogP contribution in [0.25, 0.3) is 11.0 Å². The highest BCUT2D eigenvalue weighted by atomic mass is 35.5. The molecule has 10 nitrogen and oxygen atoms in total. The van der Waals surface area contributed by atoms with Crippen molar-refractivity contribution in [2.75, 3.05) is 10.2 Å². The molecular formula is C29H29ClN8O2. The van der Waals surface area contributed by atoms with Gasteiger partial charge in [-0.15, -0.1) is 0 Å². The normalized spacial score (nSPS) is 20.9. The summed E-state index contributed by atoms with van der Waals surface area (Å²) < 4.78 is 1.85. The van der Waals surface area contributed by atoms with Crippen molar-refractivity contribution in [3.05, 3.63) is 69.9 Å². The van der Waals surface area contributed by atoms with Crippen molar-refractivity contribution < 1.29 is 9.90 Å². The Bertz CT molecular complexity index is 1660. The van der Waals surface area contributed by atoms with Crippen LogP contribution in [-0.2, 0) is 7.05 Å². The first-order valence-electron chi connectivity index (χ1n) is 13.4. The van der Waals surface area contributed by atoms with Gasteiger partial charge in [0.2, 0.25) is 0 Å². The van der Waals surface area contributed by atoms with Crippen molar-refractivity contribution >= 4 is 40.1 Å². The standard InChI is InChI=1S/C29H29ClN8O2/c1-15-8-21(16(2)34-26-22(30)6-7-32-27(26)29(39)40)25-23(9-15)35-24(12-31)28(36-25)38-19-4-5-20(38)11-17(10-19)18-13-33-37(3)14-18/h6-9,13-14,16-17,19-20,34H,4-5,10-11H2,1-3H3,(H,39,40)/t16-,17?,19?,20?/m1/s1. The van der Waals surface area contributed by atoms with Crippen molar-refractivity contribution in [1.82, 2.24) is 24.7 Å². The number of fused-ring (bicyclic) bond motifs is 3. The SMILES string of the molecule is Cc1cc([C@@H](C)Nc2c(Cl)ccnc2C(=O)O)c2nc(N3C4CCC3CC(c3cnn(C)c3)C4)c(C#N)nc2c1. The Hall–Kier alpha value is -4.23. The molecule has 2 aliphatic heterocycles. The third-order valence-electron chi connectivity index (χ3n) is 8.14. The number of piperidine rings is 1. The molecule has 2 unspecified atom stereocenters. The maximum absolute atomic E-state index is 11.8. The van der Waals surface area contributed by atoms with Gasteiger partial charge in [-0.1, -0.05) is 17.7 Å². The Morgan fingerprint density at radius 1 is 1.25 bits per heavy atom. The molecule has 2 saturated heterocycles. The van der Waals surface area contributed by atoms with Crippen LogP contribution in [0.1, 0.15) is 77.4 Å². The number of carboxylic acids is 1. The van der Waals surface area contributed by atoms with Gasteiger partial charge in [0.05, 0.1) is 34.0 Å². The van der Waals surface area contributed by atoms with Crippen LogP contribution in [0.3, 0.4) is 0 Å². The molecule has 3 aromatic heterocycles. The molecule has 0 aliphatic carbocycles. The topological polar surface area (TPSA) is 133 Å². The highest BCUT2D eigenvalue weighted by Crippen LogP contribution is 2.45. The van der Waals surface area contributed by atoms with Crippen LogP contribution in [0.4, 0.5) is 11.5 Å². The summed E-state index contributed by atoms with van der Waals surface area (Å²) in [6, 6.07) is 7.95. The monoisotopic (exact) mass is 556 g/mol. The zero-order valence-electron chi connectivity index (χ0n) is 22.5. The van der Waals surface area contributed by atoms with E-state index < -0.39 is 5.97 Å². The summed E-state index contributed by atoms with van der Waals surface area (Å²) in [5.74, 6) is -0.122. The quantitative estimate of drug-likeness (QED) is 0.321. The number of nitriles is 1. The summed E-state index contributed by atoms with van der Waals surface area (Å²) in [7, 11) is 1.94. The molecule has 2 aliphatic rings. The number of halogens is 1. The molecule has 0 spiro atoms. The molecule has 5 heterocycles. The number of rotatable bonds is 6. The smallest absolute Gasteiger partial charge is 0.356 e.